The van der Waals surface area contributed by atoms with Gasteiger partial charge in [0, 0.05) is 5.39 Å². The molecule has 2 aromatic rings. The summed E-state index contributed by atoms with van der Waals surface area (Å²) in [6.45, 7) is 4.37. The van der Waals surface area contributed by atoms with Crippen LogP contribution >= 0.6 is 0 Å². The molecule has 1 aromatic heterocycles. The average Bonchev–Trinajstić information content (AvgIpc) is 2.87. The van der Waals surface area contributed by atoms with E-state index in [9.17, 15) is 5.11 Å². The lowest BCUT2D eigenvalue weighted by Crippen LogP contribution is -2.34. The van der Waals surface area contributed by atoms with Crippen molar-refractivity contribution in [3.8, 4) is 0 Å². The number of benzene rings is 1. The van der Waals surface area contributed by atoms with Crippen LogP contribution in [0.5, 0.6) is 0 Å². The first kappa shape index (κ1) is 14.6. The third kappa shape index (κ3) is 3.46. The van der Waals surface area contributed by atoms with Gasteiger partial charge in [-0.15, -0.1) is 0 Å². The highest BCUT2D eigenvalue weighted by Crippen LogP contribution is 2.26. The number of hydrogen-bond acceptors (Lipinski definition) is 4. The quantitative estimate of drug-likeness (QED) is 0.937. The van der Waals surface area contributed by atoms with Crippen LogP contribution in [0.3, 0.4) is 0 Å². The molecule has 4 heteroatoms. The van der Waals surface area contributed by atoms with E-state index in [2.05, 4.69) is 13.8 Å². The standard InChI is InChI=1S/C17H22O4/c1-11-7-14(8-12(2)20-11)19-10-15(18)17-9-13-5-3-4-6-16(13)21-17/h3-6,9,11-12,14-15,18H,7-8,10H2,1-2H3. The Morgan fingerprint density at radius 1 is 1.24 bits per heavy atom. The third-order valence-corrected chi connectivity index (χ3v) is 3.92. The molecular weight excluding hydrogens is 268 g/mol. The van der Waals surface area contributed by atoms with Crippen molar-refractivity contribution in [2.75, 3.05) is 6.61 Å². The van der Waals surface area contributed by atoms with E-state index in [1.165, 1.54) is 0 Å². The summed E-state index contributed by atoms with van der Waals surface area (Å²) < 4.78 is 17.2. The van der Waals surface area contributed by atoms with Crippen molar-refractivity contribution in [3.63, 3.8) is 0 Å². The number of hydrogen-bond donors (Lipinski definition) is 1. The Bertz CT molecular complexity index is 548. The summed E-state index contributed by atoms with van der Waals surface area (Å²) in [5.41, 5.74) is 0.792. The molecule has 0 saturated carbocycles. The highest BCUT2D eigenvalue weighted by atomic mass is 16.5. The fourth-order valence-corrected chi connectivity index (χ4v) is 2.96. The van der Waals surface area contributed by atoms with E-state index >= 15 is 0 Å². The summed E-state index contributed by atoms with van der Waals surface area (Å²) in [6.07, 6.45) is 1.58. The number of ether oxygens (including phenoxy) is 2. The zero-order chi connectivity index (χ0) is 14.8. The van der Waals surface area contributed by atoms with Crippen LogP contribution < -0.4 is 0 Å². The van der Waals surface area contributed by atoms with Crippen molar-refractivity contribution in [3.05, 3.63) is 36.1 Å². The van der Waals surface area contributed by atoms with Crippen LogP contribution in [0.2, 0.25) is 0 Å². The highest BCUT2D eigenvalue weighted by molar-refractivity contribution is 5.77. The van der Waals surface area contributed by atoms with Crippen molar-refractivity contribution < 1.29 is 19.0 Å². The Morgan fingerprint density at radius 2 is 1.95 bits per heavy atom. The molecule has 3 atom stereocenters. The summed E-state index contributed by atoms with van der Waals surface area (Å²) >= 11 is 0. The Kier molecular flexibility index (Phi) is 4.29. The lowest BCUT2D eigenvalue weighted by molar-refractivity contribution is -0.115. The first-order valence-electron chi connectivity index (χ1n) is 7.55. The van der Waals surface area contributed by atoms with Gasteiger partial charge in [0.15, 0.2) is 0 Å². The maximum absolute atomic E-state index is 10.2. The number of aliphatic hydroxyl groups is 1. The van der Waals surface area contributed by atoms with Gasteiger partial charge >= 0.3 is 0 Å². The first-order chi connectivity index (χ1) is 10.1. The minimum atomic E-state index is -0.731. The van der Waals surface area contributed by atoms with Gasteiger partial charge in [-0.2, -0.15) is 0 Å². The predicted octanol–water partition coefficient (Wildman–Crippen LogP) is 3.44. The number of furan rings is 1. The fourth-order valence-electron chi connectivity index (χ4n) is 2.96. The molecule has 3 rings (SSSR count). The molecule has 1 aliphatic heterocycles. The Labute approximate surface area is 124 Å². The van der Waals surface area contributed by atoms with Gasteiger partial charge in [0.25, 0.3) is 0 Å². The third-order valence-electron chi connectivity index (χ3n) is 3.92. The molecule has 114 valence electrons. The minimum Gasteiger partial charge on any atom is -0.458 e. The molecule has 2 heterocycles. The van der Waals surface area contributed by atoms with Crippen LogP contribution in [0.15, 0.2) is 34.7 Å². The molecule has 4 nitrogen and oxygen atoms in total. The molecule has 1 aliphatic rings. The van der Waals surface area contributed by atoms with E-state index in [4.69, 9.17) is 13.9 Å². The van der Waals surface area contributed by atoms with Crippen LogP contribution in [-0.2, 0) is 9.47 Å². The van der Waals surface area contributed by atoms with Crippen LogP contribution in [0.4, 0.5) is 0 Å². The minimum absolute atomic E-state index is 0.141. The Balaban J connectivity index is 1.59. The molecule has 0 aliphatic carbocycles. The molecule has 0 spiro atoms. The van der Waals surface area contributed by atoms with Crippen molar-refractivity contribution in [2.45, 2.75) is 51.1 Å². The second kappa shape index (κ2) is 6.18. The van der Waals surface area contributed by atoms with Crippen LogP contribution in [0, 0.1) is 0 Å². The zero-order valence-corrected chi connectivity index (χ0v) is 12.5. The van der Waals surface area contributed by atoms with Crippen LogP contribution in [-0.4, -0.2) is 30.0 Å². The normalized spacial score (nSPS) is 27.9. The second-order valence-corrected chi connectivity index (χ2v) is 5.89. The van der Waals surface area contributed by atoms with E-state index in [0.717, 1.165) is 23.8 Å². The Hall–Kier alpha value is -1.36. The molecular formula is C17H22O4. The van der Waals surface area contributed by atoms with E-state index in [1.807, 2.05) is 30.3 Å². The lowest BCUT2D eigenvalue weighted by atomic mass is 10.0. The summed E-state index contributed by atoms with van der Waals surface area (Å²) in [6, 6.07) is 9.61. The largest absolute Gasteiger partial charge is 0.458 e. The zero-order valence-electron chi connectivity index (χ0n) is 12.5. The molecule has 0 amide bonds. The van der Waals surface area contributed by atoms with Gasteiger partial charge in [0.2, 0.25) is 0 Å². The summed E-state index contributed by atoms with van der Waals surface area (Å²) in [5.74, 6) is 0.560. The first-order valence-corrected chi connectivity index (χ1v) is 7.55. The SMILES string of the molecule is CC1CC(OCC(O)c2cc3ccccc3o2)CC(C)O1. The van der Waals surface area contributed by atoms with Crippen LogP contribution in [0.25, 0.3) is 11.0 Å². The van der Waals surface area contributed by atoms with E-state index < -0.39 is 6.10 Å². The lowest BCUT2D eigenvalue weighted by Gasteiger charge is -2.32. The predicted molar refractivity (Wildman–Crippen MR) is 80.2 cm³/mol. The van der Waals surface area contributed by atoms with Gasteiger partial charge in [-0.1, -0.05) is 18.2 Å². The van der Waals surface area contributed by atoms with Gasteiger partial charge in [-0.3, -0.25) is 0 Å². The number of para-hydroxylation sites is 1. The van der Waals surface area contributed by atoms with E-state index in [1.54, 1.807) is 0 Å². The maximum Gasteiger partial charge on any atom is 0.136 e. The molecule has 0 bridgehead atoms. The number of rotatable bonds is 4. The van der Waals surface area contributed by atoms with Gasteiger partial charge in [0.1, 0.15) is 17.4 Å². The average molecular weight is 290 g/mol. The highest BCUT2D eigenvalue weighted by Gasteiger charge is 2.26. The van der Waals surface area contributed by atoms with Gasteiger partial charge in [-0.25, -0.2) is 0 Å². The van der Waals surface area contributed by atoms with Gasteiger partial charge < -0.3 is 19.0 Å². The fraction of sp³-hybridized carbons (Fsp3) is 0.529. The smallest absolute Gasteiger partial charge is 0.136 e. The van der Waals surface area contributed by atoms with Crippen molar-refractivity contribution >= 4 is 11.0 Å². The van der Waals surface area contributed by atoms with Gasteiger partial charge in [0.05, 0.1) is 24.9 Å². The summed E-state index contributed by atoms with van der Waals surface area (Å²) in [7, 11) is 0. The molecule has 1 N–H and O–H groups in total. The Morgan fingerprint density at radius 3 is 2.67 bits per heavy atom. The summed E-state index contributed by atoms with van der Waals surface area (Å²) in [5, 5.41) is 11.2. The van der Waals surface area contributed by atoms with Gasteiger partial charge in [-0.05, 0) is 38.8 Å². The topological polar surface area (TPSA) is 51.8 Å². The summed E-state index contributed by atoms with van der Waals surface area (Å²) in [4.78, 5) is 0. The van der Waals surface area contributed by atoms with Crippen molar-refractivity contribution in [1.29, 1.82) is 0 Å². The molecule has 1 saturated heterocycles. The number of fused-ring (bicyclic) bond motifs is 1. The molecule has 21 heavy (non-hydrogen) atoms. The van der Waals surface area contributed by atoms with E-state index in [0.29, 0.717) is 5.76 Å². The molecule has 1 fully saturated rings. The maximum atomic E-state index is 10.2. The molecule has 3 unspecified atom stereocenters. The molecule has 0 radical (unpaired) electrons. The molecule has 1 aromatic carbocycles. The van der Waals surface area contributed by atoms with E-state index in [-0.39, 0.29) is 24.9 Å². The monoisotopic (exact) mass is 290 g/mol. The second-order valence-electron chi connectivity index (χ2n) is 5.89. The number of aliphatic hydroxyl groups excluding tert-OH is 1. The van der Waals surface area contributed by atoms with Crippen molar-refractivity contribution in [2.24, 2.45) is 0 Å². The van der Waals surface area contributed by atoms with Crippen molar-refractivity contribution in [1.82, 2.24) is 0 Å². The van der Waals surface area contributed by atoms with Crippen LogP contribution in [0.1, 0.15) is 38.6 Å².